The maximum absolute atomic E-state index is 4.60. The Kier molecular flexibility index (Phi) is 6.36. The highest BCUT2D eigenvalue weighted by Crippen LogP contribution is 2.39. The Labute approximate surface area is 171 Å². The topological polar surface area (TPSA) is 73.8 Å². The lowest BCUT2D eigenvalue weighted by Gasteiger charge is -2.01. The largest absolute Gasteiger partial charge is 0.307 e. The summed E-state index contributed by atoms with van der Waals surface area (Å²) in [6, 6.07) is 6.06. The Morgan fingerprint density at radius 3 is 2.31 bits per heavy atom. The number of fused-ring (bicyclic) bond motifs is 1. The van der Waals surface area contributed by atoms with E-state index < -0.39 is 0 Å². The van der Waals surface area contributed by atoms with Crippen molar-refractivity contribution >= 4 is 5.65 Å². The fourth-order valence-electron chi connectivity index (χ4n) is 2.98. The molecule has 29 heavy (non-hydrogen) atoms. The number of aromatic nitrogens is 7. The molecule has 4 heterocycles. The van der Waals surface area contributed by atoms with E-state index in [0.717, 1.165) is 34.9 Å². The van der Waals surface area contributed by atoms with Crippen LogP contribution in [0, 0.1) is 27.7 Å². The van der Waals surface area contributed by atoms with Gasteiger partial charge >= 0.3 is 0 Å². The zero-order valence-electron chi connectivity index (χ0n) is 18.1. The molecule has 4 aromatic rings. The van der Waals surface area contributed by atoms with Gasteiger partial charge in [0.2, 0.25) is 0 Å². The SMILES string of the molecule is CC.Cc1ccn2cc(C3CC3)nc2c1.Cc1nccc(-n2nc(C)nc2C)n1. The van der Waals surface area contributed by atoms with Gasteiger partial charge in [-0.25, -0.2) is 19.9 Å². The Morgan fingerprint density at radius 2 is 1.69 bits per heavy atom. The van der Waals surface area contributed by atoms with Crippen molar-refractivity contribution in [2.45, 2.75) is 60.3 Å². The monoisotopic (exact) mass is 391 g/mol. The molecular formula is C22H29N7. The van der Waals surface area contributed by atoms with Crippen molar-refractivity contribution in [2.75, 3.05) is 0 Å². The van der Waals surface area contributed by atoms with Gasteiger partial charge in [-0.1, -0.05) is 13.8 Å². The summed E-state index contributed by atoms with van der Waals surface area (Å²) in [4.78, 5) is 17.1. The van der Waals surface area contributed by atoms with Crippen LogP contribution in [0.5, 0.6) is 0 Å². The van der Waals surface area contributed by atoms with Crippen LogP contribution in [-0.4, -0.2) is 34.1 Å². The van der Waals surface area contributed by atoms with Gasteiger partial charge in [0.05, 0.1) is 5.69 Å². The summed E-state index contributed by atoms with van der Waals surface area (Å²) < 4.78 is 3.82. The lowest BCUT2D eigenvalue weighted by Crippen LogP contribution is -2.03. The Morgan fingerprint density at radius 1 is 0.931 bits per heavy atom. The van der Waals surface area contributed by atoms with Crippen LogP contribution in [0.25, 0.3) is 11.5 Å². The maximum atomic E-state index is 4.60. The van der Waals surface area contributed by atoms with Crippen molar-refractivity contribution in [3.63, 3.8) is 0 Å². The number of pyridine rings is 1. The van der Waals surface area contributed by atoms with E-state index in [0.29, 0.717) is 0 Å². The molecule has 0 N–H and O–H groups in total. The first kappa shape index (κ1) is 20.6. The fraction of sp³-hybridized carbons (Fsp3) is 0.409. The summed E-state index contributed by atoms with van der Waals surface area (Å²) in [7, 11) is 0. The van der Waals surface area contributed by atoms with Crippen LogP contribution in [0.15, 0.2) is 36.8 Å². The highest BCUT2D eigenvalue weighted by atomic mass is 15.4. The molecule has 5 rings (SSSR count). The highest BCUT2D eigenvalue weighted by Gasteiger charge is 2.25. The Hall–Kier alpha value is -3.09. The molecule has 152 valence electrons. The molecule has 1 aliphatic carbocycles. The molecule has 0 atom stereocenters. The quantitative estimate of drug-likeness (QED) is 0.502. The van der Waals surface area contributed by atoms with Crippen molar-refractivity contribution in [1.82, 2.24) is 34.1 Å². The second-order valence-electron chi connectivity index (χ2n) is 6.99. The van der Waals surface area contributed by atoms with Crippen LogP contribution < -0.4 is 0 Å². The third kappa shape index (κ3) is 5.04. The molecule has 1 fully saturated rings. The zero-order chi connectivity index (χ0) is 21.0. The number of nitrogens with zero attached hydrogens (tertiary/aromatic N) is 7. The summed E-state index contributed by atoms with van der Waals surface area (Å²) in [5, 5.41) is 4.24. The van der Waals surface area contributed by atoms with Gasteiger partial charge < -0.3 is 4.40 Å². The smallest absolute Gasteiger partial charge is 0.159 e. The van der Waals surface area contributed by atoms with Crippen molar-refractivity contribution in [2.24, 2.45) is 0 Å². The second kappa shape index (κ2) is 8.94. The van der Waals surface area contributed by atoms with E-state index in [4.69, 9.17) is 0 Å². The fourth-order valence-corrected chi connectivity index (χ4v) is 2.98. The summed E-state index contributed by atoms with van der Waals surface area (Å²) in [6.07, 6.45) is 8.61. The van der Waals surface area contributed by atoms with E-state index in [9.17, 15) is 0 Å². The molecule has 7 heteroatoms. The first-order valence-electron chi connectivity index (χ1n) is 10.1. The minimum Gasteiger partial charge on any atom is -0.307 e. The summed E-state index contributed by atoms with van der Waals surface area (Å²) in [5.74, 6) is 3.82. The van der Waals surface area contributed by atoms with Gasteiger partial charge in [0.1, 0.15) is 23.1 Å². The predicted octanol–water partition coefficient (Wildman–Crippen LogP) is 4.53. The molecule has 0 radical (unpaired) electrons. The van der Waals surface area contributed by atoms with Gasteiger partial charge in [-0.15, -0.1) is 5.10 Å². The maximum Gasteiger partial charge on any atom is 0.159 e. The lowest BCUT2D eigenvalue weighted by atomic mass is 10.3. The third-order valence-corrected chi connectivity index (χ3v) is 4.48. The molecule has 0 saturated heterocycles. The molecule has 1 aliphatic rings. The van der Waals surface area contributed by atoms with Gasteiger partial charge in [0.15, 0.2) is 5.82 Å². The summed E-state index contributed by atoms with van der Waals surface area (Å²) >= 11 is 0. The highest BCUT2D eigenvalue weighted by molar-refractivity contribution is 5.43. The third-order valence-electron chi connectivity index (χ3n) is 4.48. The predicted molar refractivity (Wildman–Crippen MR) is 114 cm³/mol. The molecule has 0 spiro atoms. The summed E-state index contributed by atoms with van der Waals surface area (Å²) in [5.41, 5.74) is 3.63. The van der Waals surface area contributed by atoms with Crippen molar-refractivity contribution < 1.29 is 0 Å². The van der Waals surface area contributed by atoms with Crippen LogP contribution >= 0.6 is 0 Å². The molecule has 4 aromatic heterocycles. The molecular weight excluding hydrogens is 362 g/mol. The van der Waals surface area contributed by atoms with Gasteiger partial charge in [-0.05, 0) is 58.2 Å². The van der Waals surface area contributed by atoms with Gasteiger partial charge in [0.25, 0.3) is 0 Å². The van der Waals surface area contributed by atoms with E-state index in [2.05, 4.69) is 60.9 Å². The minimum absolute atomic E-state index is 0.732. The second-order valence-corrected chi connectivity index (χ2v) is 6.99. The van der Waals surface area contributed by atoms with Gasteiger partial charge in [-0.3, -0.25) is 0 Å². The molecule has 7 nitrogen and oxygen atoms in total. The summed E-state index contributed by atoms with van der Waals surface area (Å²) in [6.45, 7) is 11.7. The molecule has 0 aliphatic heterocycles. The number of aryl methyl sites for hydroxylation is 4. The van der Waals surface area contributed by atoms with Crippen LogP contribution in [0.2, 0.25) is 0 Å². The lowest BCUT2D eigenvalue weighted by molar-refractivity contribution is 0.790. The standard InChI is InChI=1S/C11H12N2.C9H11N5.C2H6/c1-8-4-5-13-7-10(9-2-3-9)12-11(13)6-8;1-6-10-5-4-9(12-6)14-8(3)11-7(2)13-14;1-2/h4-7,9H,2-3H2,1H3;4-5H,1-3H3;1-2H3. The molecule has 0 unspecified atom stereocenters. The van der Waals surface area contributed by atoms with Crippen molar-refractivity contribution in [3.8, 4) is 5.82 Å². The van der Waals surface area contributed by atoms with Crippen LogP contribution in [0.4, 0.5) is 0 Å². The van der Waals surface area contributed by atoms with E-state index in [1.807, 2.05) is 40.7 Å². The first-order chi connectivity index (χ1) is 14.0. The molecule has 0 bridgehead atoms. The van der Waals surface area contributed by atoms with Crippen LogP contribution in [-0.2, 0) is 0 Å². The Bertz CT molecular complexity index is 1090. The van der Waals surface area contributed by atoms with Crippen LogP contribution in [0.1, 0.15) is 61.3 Å². The number of imidazole rings is 1. The molecule has 0 aromatic carbocycles. The minimum atomic E-state index is 0.732. The van der Waals surface area contributed by atoms with Gasteiger partial charge in [0, 0.05) is 30.6 Å². The average molecular weight is 392 g/mol. The van der Waals surface area contributed by atoms with Crippen molar-refractivity contribution in [3.05, 3.63) is 65.5 Å². The van der Waals surface area contributed by atoms with E-state index in [1.54, 1.807) is 10.9 Å². The normalized spacial score (nSPS) is 12.8. The number of rotatable bonds is 2. The van der Waals surface area contributed by atoms with Crippen molar-refractivity contribution in [1.29, 1.82) is 0 Å². The average Bonchev–Trinajstić information content (AvgIpc) is 3.39. The Balaban J connectivity index is 0.000000153. The zero-order valence-corrected chi connectivity index (χ0v) is 18.1. The van der Waals surface area contributed by atoms with Gasteiger partial charge in [-0.2, -0.15) is 4.68 Å². The van der Waals surface area contributed by atoms with E-state index in [-0.39, 0.29) is 0 Å². The number of hydrogen-bond donors (Lipinski definition) is 0. The first-order valence-corrected chi connectivity index (χ1v) is 10.1. The molecule has 0 amide bonds. The van der Waals surface area contributed by atoms with E-state index >= 15 is 0 Å². The van der Waals surface area contributed by atoms with Crippen LogP contribution in [0.3, 0.4) is 0 Å². The molecule has 1 saturated carbocycles. The number of hydrogen-bond acceptors (Lipinski definition) is 5. The van der Waals surface area contributed by atoms with E-state index in [1.165, 1.54) is 24.1 Å².